The van der Waals surface area contributed by atoms with E-state index < -0.39 is 0 Å². The second kappa shape index (κ2) is 17.2. The molecule has 0 aliphatic carbocycles. The normalized spacial score (nSPS) is 11.2. The number of para-hydroxylation sites is 2. The maximum Gasteiger partial charge on any atom is 0.168 e. The number of aromatic nitrogens is 4. The Morgan fingerprint density at radius 1 is 0.576 bits per heavy atom. The molecule has 291 valence electrons. The standard InChI is InChI=1S/C36H30N3O.C17H12N.Ir/c1-22(2)26-15-10-16-27(23(3)4)33(26)39-31-20-25(24-12-6-5-7-13-24)21-37-35(31)38-36(39)30-18-11-17-29-28-14-8-9-19-32(28)40-34(29)30;1-3-7-14(8-4-1)16-11-12-18-17(13-16)15-9-5-2-6-10-15;/h5-17,19-23H,1-4H3;1-9,11-13H;/q2*-1;. The van der Waals surface area contributed by atoms with Gasteiger partial charge >= 0.3 is 0 Å². The van der Waals surface area contributed by atoms with Crippen molar-refractivity contribution in [3.63, 3.8) is 0 Å². The molecule has 0 fully saturated rings. The van der Waals surface area contributed by atoms with E-state index in [0.29, 0.717) is 17.5 Å². The van der Waals surface area contributed by atoms with Gasteiger partial charge in [-0.3, -0.25) is 4.98 Å². The molecular weight excluding hydrogens is 901 g/mol. The van der Waals surface area contributed by atoms with E-state index in [1.807, 2.05) is 91.3 Å². The van der Waals surface area contributed by atoms with Crippen LogP contribution >= 0.6 is 0 Å². The van der Waals surface area contributed by atoms with Gasteiger partial charge < -0.3 is 14.0 Å². The minimum atomic E-state index is 0. The molecule has 0 saturated heterocycles. The van der Waals surface area contributed by atoms with Gasteiger partial charge in [0.2, 0.25) is 0 Å². The summed E-state index contributed by atoms with van der Waals surface area (Å²) in [5.74, 6) is 1.41. The van der Waals surface area contributed by atoms with Gasteiger partial charge in [-0.25, -0.2) is 4.98 Å². The van der Waals surface area contributed by atoms with Crippen molar-refractivity contribution in [1.82, 2.24) is 19.5 Å². The molecule has 4 heterocycles. The van der Waals surface area contributed by atoms with Crippen LogP contribution in [0.1, 0.15) is 50.7 Å². The van der Waals surface area contributed by atoms with E-state index in [2.05, 4.69) is 128 Å². The molecule has 0 N–H and O–H groups in total. The molecule has 0 aliphatic rings. The number of fused-ring (bicyclic) bond motifs is 4. The molecule has 1 radical (unpaired) electrons. The summed E-state index contributed by atoms with van der Waals surface area (Å²) in [5.41, 5.74) is 14.4. The second-order valence-corrected chi connectivity index (χ2v) is 15.1. The van der Waals surface area contributed by atoms with Crippen LogP contribution in [0.3, 0.4) is 0 Å². The Morgan fingerprint density at radius 2 is 1.25 bits per heavy atom. The van der Waals surface area contributed by atoms with Crippen LogP contribution in [0.4, 0.5) is 0 Å². The molecule has 6 aromatic carbocycles. The smallest absolute Gasteiger partial charge is 0.168 e. The van der Waals surface area contributed by atoms with Gasteiger partial charge in [-0.05, 0) is 63.5 Å². The molecule has 6 heteroatoms. The van der Waals surface area contributed by atoms with E-state index in [1.54, 1.807) is 0 Å². The Bertz CT molecular complexity index is 2930. The summed E-state index contributed by atoms with van der Waals surface area (Å²) in [6, 6.07) is 60.5. The summed E-state index contributed by atoms with van der Waals surface area (Å²) in [7, 11) is 0. The molecule has 0 aliphatic heterocycles. The quantitative estimate of drug-likeness (QED) is 0.149. The third-order valence-electron chi connectivity index (χ3n) is 10.6. The Kier molecular flexibility index (Phi) is 11.5. The van der Waals surface area contributed by atoms with Gasteiger partial charge in [-0.2, -0.15) is 0 Å². The molecule has 10 rings (SSSR count). The number of hydrogen-bond acceptors (Lipinski definition) is 4. The first-order chi connectivity index (χ1) is 28.4. The fraction of sp³-hybridized carbons (Fsp3) is 0.113. The van der Waals surface area contributed by atoms with E-state index >= 15 is 0 Å². The zero-order valence-electron chi connectivity index (χ0n) is 33.4. The Balaban J connectivity index is 0.000000213. The first-order valence-corrected chi connectivity index (χ1v) is 19.8. The number of furan rings is 1. The Morgan fingerprint density at radius 3 is 1.95 bits per heavy atom. The van der Waals surface area contributed by atoms with E-state index in [0.717, 1.165) is 61.2 Å². The van der Waals surface area contributed by atoms with Crippen molar-refractivity contribution in [2.45, 2.75) is 39.5 Å². The summed E-state index contributed by atoms with van der Waals surface area (Å²) >= 11 is 0. The molecule has 0 atom stereocenters. The first-order valence-electron chi connectivity index (χ1n) is 19.8. The van der Waals surface area contributed by atoms with E-state index in [9.17, 15) is 0 Å². The van der Waals surface area contributed by atoms with Crippen molar-refractivity contribution >= 4 is 33.1 Å². The van der Waals surface area contributed by atoms with Gasteiger partial charge in [0.15, 0.2) is 5.65 Å². The maximum atomic E-state index is 6.47. The molecule has 5 nitrogen and oxygen atoms in total. The summed E-state index contributed by atoms with van der Waals surface area (Å²) < 4.78 is 8.77. The van der Waals surface area contributed by atoms with Gasteiger partial charge in [0.25, 0.3) is 0 Å². The van der Waals surface area contributed by atoms with Gasteiger partial charge in [-0.1, -0.05) is 142 Å². The van der Waals surface area contributed by atoms with Crippen molar-refractivity contribution in [2.24, 2.45) is 0 Å². The summed E-state index contributed by atoms with van der Waals surface area (Å²) in [4.78, 5) is 14.5. The first kappa shape index (κ1) is 39.4. The second-order valence-electron chi connectivity index (χ2n) is 15.1. The van der Waals surface area contributed by atoms with E-state index in [4.69, 9.17) is 14.4 Å². The topological polar surface area (TPSA) is 56.7 Å². The van der Waals surface area contributed by atoms with Gasteiger partial charge in [0.05, 0.1) is 16.9 Å². The fourth-order valence-corrected chi connectivity index (χ4v) is 7.71. The predicted octanol–water partition coefficient (Wildman–Crippen LogP) is 13.9. The van der Waals surface area contributed by atoms with Crippen LogP contribution in [-0.2, 0) is 20.1 Å². The predicted molar refractivity (Wildman–Crippen MR) is 238 cm³/mol. The zero-order chi connectivity index (χ0) is 39.6. The third-order valence-corrected chi connectivity index (χ3v) is 10.6. The molecule has 0 spiro atoms. The van der Waals surface area contributed by atoms with Crippen molar-refractivity contribution in [3.8, 4) is 50.6 Å². The van der Waals surface area contributed by atoms with Crippen LogP contribution in [0.2, 0.25) is 0 Å². The van der Waals surface area contributed by atoms with Crippen LogP contribution in [0, 0.1) is 12.1 Å². The summed E-state index contributed by atoms with van der Waals surface area (Å²) in [6.45, 7) is 9.01. The number of pyridine rings is 2. The number of hydrogen-bond donors (Lipinski definition) is 0. The average Bonchev–Trinajstić information content (AvgIpc) is 3.86. The minimum Gasteiger partial charge on any atom is -0.501 e. The summed E-state index contributed by atoms with van der Waals surface area (Å²) in [6.07, 6.45) is 3.76. The van der Waals surface area contributed by atoms with Crippen molar-refractivity contribution < 1.29 is 24.5 Å². The molecule has 0 bridgehead atoms. The number of imidazole rings is 1. The fourth-order valence-electron chi connectivity index (χ4n) is 7.71. The van der Waals surface area contributed by atoms with Crippen molar-refractivity contribution in [3.05, 3.63) is 193 Å². The average molecular weight is 943 g/mol. The molecule has 59 heavy (non-hydrogen) atoms. The molecule has 0 saturated carbocycles. The van der Waals surface area contributed by atoms with Crippen LogP contribution in [0.5, 0.6) is 0 Å². The van der Waals surface area contributed by atoms with Crippen LogP contribution in [0.15, 0.2) is 175 Å². The maximum absolute atomic E-state index is 6.47. The van der Waals surface area contributed by atoms with Crippen molar-refractivity contribution in [1.29, 1.82) is 0 Å². The van der Waals surface area contributed by atoms with Crippen LogP contribution in [0.25, 0.3) is 83.7 Å². The van der Waals surface area contributed by atoms with Gasteiger partial charge in [-0.15, -0.1) is 54.1 Å². The van der Waals surface area contributed by atoms with E-state index in [1.165, 1.54) is 27.9 Å². The monoisotopic (exact) mass is 943 g/mol. The van der Waals surface area contributed by atoms with Gasteiger partial charge in [0, 0.05) is 49.1 Å². The van der Waals surface area contributed by atoms with Crippen LogP contribution < -0.4 is 0 Å². The summed E-state index contributed by atoms with van der Waals surface area (Å²) in [5, 5.41) is 2.15. The van der Waals surface area contributed by atoms with Crippen LogP contribution in [-0.4, -0.2) is 19.5 Å². The number of nitrogens with zero attached hydrogens (tertiary/aromatic N) is 4. The number of rotatable bonds is 7. The molecule has 4 aromatic heterocycles. The van der Waals surface area contributed by atoms with E-state index in [-0.39, 0.29) is 20.1 Å². The number of benzene rings is 6. The van der Waals surface area contributed by atoms with Gasteiger partial charge in [0.1, 0.15) is 5.58 Å². The molecule has 10 aromatic rings. The Labute approximate surface area is 358 Å². The minimum absolute atomic E-state index is 0. The SMILES string of the molecule is CC(C)c1cccc(C(C)C)c1-n1c(-c2[c-]ccc3c2oc2ccccc23)nc2ncc(-c3ccccc3)cc21.[Ir].[c-]1ccccc1-c1cc(-c2ccccc2)ccn1. The zero-order valence-corrected chi connectivity index (χ0v) is 35.7. The molecule has 0 amide bonds. The molecular formula is C53H42IrN4O-2. The third kappa shape index (κ3) is 7.78. The molecule has 0 unspecified atom stereocenters. The van der Waals surface area contributed by atoms with Crippen molar-refractivity contribution in [2.75, 3.05) is 0 Å². The Hall–Kier alpha value is -6.46. The largest absolute Gasteiger partial charge is 0.501 e.